The molecule has 1 fully saturated rings. The molecule has 0 bridgehead atoms. The first-order valence-electron chi connectivity index (χ1n) is 6.19. The third-order valence-corrected chi connectivity index (χ3v) is 3.73. The van der Waals surface area contributed by atoms with Crippen molar-refractivity contribution < 1.29 is 4.79 Å². The van der Waals surface area contributed by atoms with E-state index >= 15 is 0 Å². The molecule has 1 heterocycles. The lowest BCUT2D eigenvalue weighted by atomic mass is 10.1. The van der Waals surface area contributed by atoms with Gasteiger partial charge in [-0.1, -0.05) is 22.4 Å². The van der Waals surface area contributed by atoms with Gasteiger partial charge in [0.1, 0.15) is 0 Å². The van der Waals surface area contributed by atoms with Gasteiger partial charge in [-0.2, -0.15) is 0 Å². The Morgan fingerprint density at radius 2 is 2.00 bits per heavy atom. The van der Waals surface area contributed by atoms with Crippen LogP contribution in [0.15, 0.2) is 16.6 Å². The number of nitrogens with zero attached hydrogens (tertiary/aromatic N) is 1. The predicted octanol–water partition coefficient (Wildman–Crippen LogP) is 2.47. The summed E-state index contributed by atoms with van der Waals surface area (Å²) in [6.45, 7) is 3.72. The number of carbonyl (C=O) groups excluding carboxylic acids is 1. The van der Waals surface area contributed by atoms with Crippen LogP contribution in [0.5, 0.6) is 0 Å². The van der Waals surface area contributed by atoms with Crippen LogP contribution in [0.25, 0.3) is 0 Å². The molecule has 98 valence electrons. The minimum absolute atomic E-state index is 0.0811. The van der Waals surface area contributed by atoms with Gasteiger partial charge in [-0.15, -0.1) is 0 Å². The number of anilines is 1. The number of amides is 1. The minimum atomic E-state index is -0.0811. The van der Waals surface area contributed by atoms with Crippen LogP contribution >= 0.6 is 15.9 Å². The van der Waals surface area contributed by atoms with Gasteiger partial charge >= 0.3 is 0 Å². The number of carbonyl (C=O) groups is 1. The van der Waals surface area contributed by atoms with E-state index < -0.39 is 0 Å². The average molecular weight is 312 g/mol. The smallest absolute Gasteiger partial charge is 0.265 e. The molecule has 18 heavy (non-hydrogen) atoms. The fraction of sp³-hybridized carbons (Fsp3) is 0.462. The van der Waals surface area contributed by atoms with Crippen LogP contribution in [0.3, 0.4) is 0 Å². The van der Waals surface area contributed by atoms with Crippen molar-refractivity contribution >= 4 is 27.5 Å². The Morgan fingerprint density at radius 3 is 2.67 bits per heavy atom. The second kappa shape index (κ2) is 5.71. The number of rotatable bonds is 2. The Bertz CT molecular complexity index is 456. The Morgan fingerprint density at radius 1 is 1.33 bits per heavy atom. The molecule has 0 unspecified atom stereocenters. The van der Waals surface area contributed by atoms with Gasteiger partial charge in [0.2, 0.25) is 0 Å². The maximum atomic E-state index is 12.2. The molecule has 1 aliphatic heterocycles. The van der Waals surface area contributed by atoms with Gasteiger partial charge in [-0.25, -0.2) is 5.01 Å². The van der Waals surface area contributed by atoms with Crippen LogP contribution < -0.4 is 11.2 Å². The van der Waals surface area contributed by atoms with Crippen molar-refractivity contribution in [2.24, 2.45) is 0 Å². The zero-order valence-corrected chi connectivity index (χ0v) is 12.1. The normalized spacial score (nSPS) is 16.6. The van der Waals surface area contributed by atoms with Crippen molar-refractivity contribution in [1.82, 2.24) is 10.4 Å². The topological polar surface area (TPSA) is 58.4 Å². The molecule has 3 N–H and O–H groups in total. The Hall–Kier alpha value is -1.07. The lowest BCUT2D eigenvalue weighted by molar-refractivity contribution is 0.0749. The van der Waals surface area contributed by atoms with Crippen LogP contribution in [0.2, 0.25) is 0 Å². The molecule has 0 radical (unpaired) electrons. The largest absolute Gasteiger partial charge is 0.398 e. The lowest BCUT2D eigenvalue weighted by Gasteiger charge is -2.27. The Balaban J connectivity index is 2.13. The van der Waals surface area contributed by atoms with Crippen molar-refractivity contribution in [3.8, 4) is 0 Å². The molecule has 1 aromatic rings. The zero-order valence-electron chi connectivity index (χ0n) is 10.5. The molecule has 0 saturated carbocycles. The summed E-state index contributed by atoms with van der Waals surface area (Å²) >= 11 is 3.37. The van der Waals surface area contributed by atoms with E-state index in [0.717, 1.165) is 36.0 Å². The third-order valence-electron chi connectivity index (χ3n) is 3.27. The van der Waals surface area contributed by atoms with Crippen LogP contribution in [-0.4, -0.2) is 24.0 Å². The van der Waals surface area contributed by atoms with Gasteiger partial charge in [-0.05, 0) is 37.5 Å². The maximum Gasteiger partial charge on any atom is 0.265 e. The van der Waals surface area contributed by atoms with E-state index in [1.54, 1.807) is 0 Å². The maximum absolute atomic E-state index is 12.2. The van der Waals surface area contributed by atoms with Gasteiger partial charge in [-0.3, -0.25) is 10.2 Å². The van der Waals surface area contributed by atoms with Crippen molar-refractivity contribution in [2.75, 3.05) is 18.8 Å². The fourth-order valence-corrected chi connectivity index (χ4v) is 2.62. The summed E-state index contributed by atoms with van der Waals surface area (Å²) in [5.41, 5.74) is 10.9. The number of hydrazine groups is 1. The van der Waals surface area contributed by atoms with E-state index in [9.17, 15) is 4.79 Å². The average Bonchev–Trinajstić information content (AvgIpc) is 2.35. The van der Waals surface area contributed by atoms with Gasteiger partial charge in [0.25, 0.3) is 5.91 Å². The molecule has 2 rings (SSSR count). The summed E-state index contributed by atoms with van der Waals surface area (Å²) in [6.07, 6.45) is 3.52. The molecule has 0 atom stereocenters. The quantitative estimate of drug-likeness (QED) is 0.825. The summed E-state index contributed by atoms with van der Waals surface area (Å²) in [6, 6.07) is 3.62. The molecular formula is C13H18BrN3O. The first kappa shape index (κ1) is 13.4. The summed E-state index contributed by atoms with van der Waals surface area (Å²) in [7, 11) is 0. The number of halogens is 1. The zero-order chi connectivity index (χ0) is 13.1. The van der Waals surface area contributed by atoms with Gasteiger partial charge < -0.3 is 5.73 Å². The van der Waals surface area contributed by atoms with E-state index in [1.165, 1.54) is 6.42 Å². The predicted molar refractivity (Wildman–Crippen MR) is 76.2 cm³/mol. The number of benzene rings is 1. The van der Waals surface area contributed by atoms with E-state index in [0.29, 0.717) is 11.3 Å². The lowest BCUT2D eigenvalue weighted by Crippen LogP contribution is -2.45. The SMILES string of the molecule is Cc1c(N)cc(Br)cc1C(=O)NN1CCCCC1. The Kier molecular flexibility index (Phi) is 4.24. The molecular weight excluding hydrogens is 294 g/mol. The van der Waals surface area contributed by atoms with Crippen LogP contribution in [0, 0.1) is 6.92 Å². The molecule has 0 spiro atoms. The molecule has 1 aliphatic rings. The number of hydrogen-bond acceptors (Lipinski definition) is 3. The van der Waals surface area contributed by atoms with Gasteiger partial charge in [0, 0.05) is 28.8 Å². The molecule has 4 nitrogen and oxygen atoms in total. The highest BCUT2D eigenvalue weighted by Crippen LogP contribution is 2.22. The van der Waals surface area contributed by atoms with E-state index in [2.05, 4.69) is 21.4 Å². The number of hydrogen-bond donors (Lipinski definition) is 2. The Labute approximate surface area is 116 Å². The van der Waals surface area contributed by atoms with Crippen molar-refractivity contribution in [1.29, 1.82) is 0 Å². The molecule has 1 saturated heterocycles. The third kappa shape index (κ3) is 3.03. The number of piperidine rings is 1. The van der Waals surface area contributed by atoms with Crippen LogP contribution in [0.1, 0.15) is 35.2 Å². The second-order valence-electron chi connectivity index (χ2n) is 4.66. The van der Waals surface area contributed by atoms with Crippen molar-refractivity contribution in [3.05, 3.63) is 27.7 Å². The number of nitrogens with two attached hydrogens (primary N) is 1. The standard InChI is InChI=1S/C13H18BrN3O/c1-9-11(7-10(14)8-12(9)15)13(18)16-17-5-3-2-4-6-17/h7-8H,2-6,15H2,1H3,(H,16,18). The molecule has 5 heteroatoms. The molecule has 1 aromatic carbocycles. The summed E-state index contributed by atoms with van der Waals surface area (Å²) in [4.78, 5) is 12.2. The minimum Gasteiger partial charge on any atom is -0.398 e. The highest BCUT2D eigenvalue weighted by Gasteiger charge is 2.16. The molecule has 0 aliphatic carbocycles. The fourth-order valence-electron chi connectivity index (χ4n) is 2.15. The van der Waals surface area contributed by atoms with Gasteiger partial charge in [0.05, 0.1) is 0 Å². The monoisotopic (exact) mass is 311 g/mol. The molecule has 1 amide bonds. The number of nitrogen functional groups attached to an aromatic ring is 1. The highest BCUT2D eigenvalue weighted by molar-refractivity contribution is 9.10. The second-order valence-corrected chi connectivity index (χ2v) is 5.57. The summed E-state index contributed by atoms with van der Waals surface area (Å²) in [5, 5.41) is 1.99. The summed E-state index contributed by atoms with van der Waals surface area (Å²) in [5.74, 6) is -0.0811. The van der Waals surface area contributed by atoms with Crippen LogP contribution in [0.4, 0.5) is 5.69 Å². The van der Waals surface area contributed by atoms with Crippen molar-refractivity contribution in [2.45, 2.75) is 26.2 Å². The van der Waals surface area contributed by atoms with E-state index in [1.807, 2.05) is 24.1 Å². The first-order valence-corrected chi connectivity index (χ1v) is 6.99. The van der Waals surface area contributed by atoms with Gasteiger partial charge in [0.15, 0.2) is 0 Å². The molecule has 0 aromatic heterocycles. The van der Waals surface area contributed by atoms with E-state index in [-0.39, 0.29) is 5.91 Å². The van der Waals surface area contributed by atoms with E-state index in [4.69, 9.17) is 5.73 Å². The number of nitrogens with one attached hydrogen (secondary N) is 1. The van der Waals surface area contributed by atoms with Crippen LogP contribution in [-0.2, 0) is 0 Å². The van der Waals surface area contributed by atoms with Crippen molar-refractivity contribution in [3.63, 3.8) is 0 Å². The summed E-state index contributed by atoms with van der Waals surface area (Å²) < 4.78 is 0.828. The highest BCUT2D eigenvalue weighted by atomic mass is 79.9. The first-order chi connectivity index (χ1) is 8.58.